The molecule has 1 saturated carbocycles. The summed E-state index contributed by atoms with van der Waals surface area (Å²) in [5.74, 6) is -0.794. The Balaban J connectivity index is 1.53. The van der Waals surface area contributed by atoms with Gasteiger partial charge in [-0.3, -0.25) is 4.79 Å². The van der Waals surface area contributed by atoms with Crippen molar-refractivity contribution in [2.75, 3.05) is 6.54 Å². The van der Waals surface area contributed by atoms with Crippen LogP contribution in [0.25, 0.3) is 0 Å². The van der Waals surface area contributed by atoms with Gasteiger partial charge in [-0.1, -0.05) is 67.1 Å². The molecule has 2 atom stereocenters. The van der Waals surface area contributed by atoms with Crippen LogP contribution in [-0.4, -0.2) is 28.5 Å². The summed E-state index contributed by atoms with van der Waals surface area (Å²) in [6, 6.07) is 19.4. The van der Waals surface area contributed by atoms with E-state index in [1.165, 1.54) is 0 Å². The third kappa shape index (κ3) is 5.17. The Morgan fingerprint density at radius 1 is 1.00 bits per heavy atom. The third-order valence-electron chi connectivity index (χ3n) is 6.10. The maximum atomic E-state index is 12.4. The van der Waals surface area contributed by atoms with E-state index >= 15 is 0 Å². The van der Waals surface area contributed by atoms with Gasteiger partial charge in [0.15, 0.2) is 0 Å². The first kappa shape index (κ1) is 22.2. The minimum Gasteiger partial charge on any atom is -0.481 e. The third-order valence-corrected chi connectivity index (χ3v) is 6.91. The summed E-state index contributed by atoms with van der Waals surface area (Å²) < 4.78 is 4.61. The van der Waals surface area contributed by atoms with Crippen LogP contribution in [0.1, 0.15) is 43.2 Å². The van der Waals surface area contributed by atoms with E-state index < -0.39 is 22.2 Å². The second kappa shape index (κ2) is 10.0. The highest BCUT2D eigenvalue weighted by Crippen LogP contribution is 2.55. The molecule has 0 radical (unpaired) electrons. The number of nitrogens with one attached hydrogen (secondary N) is 1. The van der Waals surface area contributed by atoms with Crippen molar-refractivity contribution in [3.63, 3.8) is 0 Å². The maximum Gasteiger partial charge on any atom is 0.407 e. The highest BCUT2D eigenvalue weighted by molar-refractivity contribution is 7.82. The fourth-order valence-electron chi connectivity index (χ4n) is 4.47. The monoisotopic (exact) mass is 427 g/mol. The number of benzene rings is 2. The fourth-order valence-corrected chi connectivity index (χ4v) is 5.13. The molecule has 2 aromatic rings. The van der Waals surface area contributed by atoms with E-state index in [9.17, 15) is 14.7 Å². The first-order valence-corrected chi connectivity index (χ1v) is 10.8. The lowest BCUT2D eigenvalue weighted by atomic mass is 9.71. The highest BCUT2D eigenvalue weighted by atomic mass is 32.1. The van der Waals surface area contributed by atoms with Crippen LogP contribution in [0.2, 0.25) is 0 Å². The van der Waals surface area contributed by atoms with Gasteiger partial charge in [0.25, 0.3) is 0 Å². The molecule has 0 aliphatic heterocycles. The maximum absolute atomic E-state index is 12.4. The van der Waals surface area contributed by atoms with Crippen molar-refractivity contribution in [3.8, 4) is 0 Å². The number of hydrogen-bond acceptors (Lipinski definition) is 4. The number of ether oxygens (including phenoxy) is 1. The summed E-state index contributed by atoms with van der Waals surface area (Å²) >= 11 is 4.94. The molecule has 1 fully saturated rings. The molecule has 160 valence electrons. The fraction of sp³-hybridized carbons (Fsp3) is 0.417. The number of carboxylic acids is 1. The first-order valence-electron chi connectivity index (χ1n) is 10.4. The summed E-state index contributed by atoms with van der Waals surface area (Å²) in [6.07, 6.45) is 3.38. The molecule has 5 nitrogen and oxygen atoms in total. The molecule has 1 aliphatic carbocycles. The van der Waals surface area contributed by atoms with Crippen LogP contribution < -0.4 is 5.32 Å². The summed E-state index contributed by atoms with van der Waals surface area (Å²) in [7, 11) is 0. The van der Waals surface area contributed by atoms with Crippen molar-refractivity contribution in [2.45, 2.75) is 49.9 Å². The standard InChI is InChI=1S/C24H29NO4S/c26-21(27)23(13-7-15-24(23,30)17-19-9-3-1-4-10-19)14-8-16-25-22(28)29-18-20-11-5-2-6-12-20/h1-6,9-12,30H,7-8,13-18H2,(H,25,28)(H,26,27)/t23-,24+/m1/s1. The summed E-state index contributed by atoms with van der Waals surface area (Å²) in [5, 5.41) is 12.9. The molecule has 30 heavy (non-hydrogen) atoms. The molecule has 1 amide bonds. The van der Waals surface area contributed by atoms with Crippen LogP contribution in [0.3, 0.4) is 0 Å². The van der Waals surface area contributed by atoms with Crippen molar-refractivity contribution >= 4 is 24.7 Å². The van der Waals surface area contributed by atoms with Crippen LogP contribution in [-0.2, 0) is 22.6 Å². The zero-order valence-electron chi connectivity index (χ0n) is 17.0. The molecular weight excluding hydrogens is 398 g/mol. The molecular formula is C24H29NO4S. The number of hydrogen-bond donors (Lipinski definition) is 3. The molecule has 0 aromatic heterocycles. The normalized spacial score (nSPS) is 23.1. The van der Waals surface area contributed by atoms with Gasteiger partial charge in [0, 0.05) is 11.3 Å². The number of aliphatic carboxylic acids is 1. The van der Waals surface area contributed by atoms with E-state index in [2.05, 4.69) is 5.32 Å². The lowest BCUT2D eigenvalue weighted by Crippen LogP contribution is -2.47. The van der Waals surface area contributed by atoms with E-state index in [4.69, 9.17) is 17.4 Å². The quantitative estimate of drug-likeness (QED) is 0.395. The minimum absolute atomic E-state index is 0.211. The largest absolute Gasteiger partial charge is 0.481 e. The molecule has 3 rings (SSSR count). The lowest BCUT2D eigenvalue weighted by molar-refractivity contribution is -0.150. The topological polar surface area (TPSA) is 75.6 Å². The van der Waals surface area contributed by atoms with Gasteiger partial charge in [0.2, 0.25) is 0 Å². The van der Waals surface area contributed by atoms with Crippen LogP contribution in [0.5, 0.6) is 0 Å². The van der Waals surface area contributed by atoms with Crippen molar-refractivity contribution in [1.82, 2.24) is 5.32 Å². The van der Waals surface area contributed by atoms with Crippen molar-refractivity contribution < 1.29 is 19.4 Å². The van der Waals surface area contributed by atoms with E-state index in [1.807, 2.05) is 60.7 Å². The van der Waals surface area contributed by atoms with E-state index in [-0.39, 0.29) is 6.61 Å². The number of carbonyl (C=O) groups is 2. The molecule has 0 spiro atoms. The van der Waals surface area contributed by atoms with Gasteiger partial charge in [-0.05, 0) is 43.2 Å². The minimum atomic E-state index is -0.901. The SMILES string of the molecule is O=C(NCCC[C@@]1(C(=O)O)CCC[C@]1(S)Cc1ccccc1)OCc1ccccc1. The van der Waals surface area contributed by atoms with E-state index in [0.29, 0.717) is 32.2 Å². The Labute approximate surface area is 183 Å². The Hall–Kier alpha value is -2.47. The zero-order chi connectivity index (χ0) is 21.5. The lowest BCUT2D eigenvalue weighted by Gasteiger charge is -2.40. The smallest absolute Gasteiger partial charge is 0.407 e. The Bertz CT molecular complexity index is 845. The average Bonchev–Trinajstić information content (AvgIpc) is 3.08. The second-order valence-corrected chi connectivity index (χ2v) is 8.88. The number of carboxylic acid groups (broad SMARTS) is 1. The number of amides is 1. The van der Waals surface area contributed by atoms with Crippen LogP contribution in [0, 0.1) is 5.41 Å². The van der Waals surface area contributed by atoms with Gasteiger partial charge >= 0.3 is 12.1 Å². The van der Waals surface area contributed by atoms with Crippen LogP contribution in [0.15, 0.2) is 60.7 Å². The van der Waals surface area contributed by atoms with Gasteiger partial charge in [-0.2, -0.15) is 12.6 Å². The second-order valence-electron chi connectivity index (χ2n) is 8.03. The van der Waals surface area contributed by atoms with Crippen molar-refractivity contribution in [2.24, 2.45) is 5.41 Å². The Kier molecular flexibility index (Phi) is 7.43. The summed E-state index contributed by atoms with van der Waals surface area (Å²) in [4.78, 5) is 24.3. The molecule has 2 aromatic carbocycles. The first-order chi connectivity index (χ1) is 14.5. The van der Waals surface area contributed by atoms with Gasteiger partial charge in [-0.15, -0.1) is 0 Å². The zero-order valence-corrected chi connectivity index (χ0v) is 17.9. The van der Waals surface area contributed by atoms with Gasteiger partial charge in [0.1, 0.15) is 6.61 Å². The Morgan fingerprint density at radius 2 is 1.63 bits per heavy atom. The number of rotatable bonds is 9. The molecule has 0 unspecified atom stereocenters. The number of thiol groups is 1. The van der Waals surface area contributed by atoms with Crippen molar-refractivity contribution in [3.05, 3.63) is 71.8 Å². The van der Waals surface area contributed by atoms with E-state index in [0.717, 1.165) is 24.0 Å². The molecule has 1 aliphatic rings. The molecule has 6 heteroatoms. The predicted octanol–water partition coefficient (Wildman–Crippen LogP) is 4.86. The Morgan fingerprint density at radius 3 is 2.27 bits per heavy atom. The van der Waals surface area contributed by atoms with Gasteiger partial charge in [-0.25, -0.2) is 4.79 Å². The highest BCUT2D eigenvalue weighted by Gasteiger charge is 2.57. The summed E-state index contributed by atoms with van der Waals surface area (Å²) in [6.45, 7) is 0.584. The molecule has 0 heterocycles. The predicted molar refractivity (Wildman–Crippen MR) is 120 cm³/mol. The summed E-state index contributed by atoms with van der Waals surface area (Å²) in [5.41, 5.74) is 1.12. The average molecular weight is 428 g/mol. The van der Waals surface area contributed by atoms with Gasteiger partial charge < -0.3 is 15.2 Å². The van der Waals surface area contributed by atoms with E-state index in [1.54, 1.807) is 0 Å². The molecule has 0 saturated heterocycles. The molecule has 0 bridgehead atoms. The van der Waals surface area contributed by atoms with Crippen LogP contribution >= 0.6 is 12.6 Å². The molecule has 2 N–H and O–H groups in total. The van der Waals surface area contributed by atoms with Crippen LogP contribution in [0.4, 0.5) is 4.79 Å². The number of carbonyl (C=O) groups excluding carboxylic acids is 1. The van der Waals surface area contributed by atoms with Gasteiger partial charge in [0.05, 0.1) is 5.41 Å². The van der Waals surface area contributed by atoms with Crippen molar-refractivity contribution in [1.29, 1.82) is 0 Å². The number of alkyl carbamates (subject to hydrolysis) is 1.